The topological polar surface area (TPSA) is 21.3 Å². The van der Waals surface area contributed by atoms with Gasteiger partial charge in [0.05, 0.1) is 6.61 Å². The maximum Gasteiger partial charge on any atom is 0.0682 e. The fraction of sp³-hybridized carbons (Fsp3) is 1.00. The Morgan fingerprint density at radius 3 is 2.60 bits per heavy atom. The zero-order valence-electron chi connectivity index (χ0n) is 7.31. The van der Waals surface area contributed by atoms with Crippen molar-refractivity contribution >= 4 is 0 Å². The quantitative estimate of drug-likeness (QED) is 0.455. The zero-order valence-corrected chi connectivity index (χ0v) is 7.31. The van der Waals surface area contributed by atoms with Crippen molar-refractivity contribution in [3.05, 3.63) is 0 Å². The fourth-order valence-electron chi connectivity index (χ4n) is 0.738. The molecular formula is C8H19NO. The lowest BCUT2D eigenvalue weighted by Crippen LogP contribution is -2.14. The third-order valence-corrected chi connectivity index (χ3v) is 1.27. The molecule has 0 heterocycles. The molecule has 0 atom stereocenters. The average molecular weight is 145 g/mol. The molecule has 0 amide bonds. The predicted molar refractivity (Wildman–Crippen MR) is 43.7 cm³/mol. The van der Waals surface area contributed by atoms with E-state index in [1.54, 1.807) is 0 Å². The number of rotatable bonds is 6. The molecule has 10 heavy (non-hydrogen) atoms. The first-order valence-electron chi connectivity index (χ1n) is 4.12. The molecule has 0 saturated carbocycles. The third kappa shape index (κ3) is 7.92. The number of hydrogen-bond acceptors (Lipinski definition) is 2. The highest BCUT2D eigenvalue weighted by molar-refractivity contribution is 4.43. The van der Waals surface area contributed by atoms with Crippen LogP contribution in [0.25, 0.3) is 0 Å². The van der Waals surface area contributed by atoms with Gasteiger partial charge in [-0.05, 0) is 18.8 Å². The molecule has 2 heteroatoms. The Morgan fingerprint density at radius 2 is 2.10 bits per heavy atom. The van der Waals surface area contributed by atoms with Crippen LogP contribution in [0, 0.1) is 5.92 Å². The van der Waals surface area contributed by atoms with Crippen LogP contribution >= 0.6 is 0 Å². The average Bonchev–Trinajstić information content (AvgIpc) is 1.87. The predicted octanol–water partition coefficient (Wildman–Crippen LogP) is 1.96. The molecule has 0 aliphatic rings. The van der Waals surface area contributed by atoms with Crippen LogP contribution in [0.2, 0.25) is 0 Å². The Kier molecular flexibility index (Phi) is 6.98. The van der Waals surface area contributed by atoms with Crippen LogP contribution in [0.15, 0.2) is 0 Å². The standard InChI is InChI=1S/C8H19NO/c1-4-9-10-7-5-6-8(2)3/h8-9H,4-7H2,1-3H3. The summed E-state index contributed by atoms with van der Waals surface area (Å²) < 4.78 is 0. The third-order valence-electron chi connectivity index (χ3n) is 1.27. The molecular weight excluding hydrogens is 126 g/mol. The highest BCUT2D eigenvalue weighted by Crippen LogP contribution is 2.02. The molecule has 62 valence electrons. The molecule has 0 aromatic rings. The van der Waals surface area contributed by atoms with Gasteiger partial charge in [0.25, 0.3) is 0 Å². The second kappa shape index (κ2) is 7.03. The van der Waals surface area contributed by atoms with Crippen LogP contribution in [-0.4, -0.2) is 13.2 Å². The Bertz CT molecular complexity index is 64.3. The van der Waals surface area contributed by atoms with Crippen molar-refractivity contribution in [2.45, 2.75) is 33.6 Å². The molecule has 0 aliphatic carbocycles. The molecule has 0 fully saturated rings. The fourth-order valence-corrected chi connectivity index (χ4v) is 0.738. The Morgan fingerprint density at radius 1 is 1.40 bits per heavy atom. The number of hydrogen-bond donors (Lipinski definition) is 1. The van der Waals surface area contributed by atoms with Gasteiger partial charge >= 0.3 is 0 Å². The van der Waals surface area contributed by atoms with Gasteiger partial charge in [-0.2, -0.15) is 0 Å². The van der Waals surface area contributed by atoms with Crippen molar-refractivity contribution in [1.29, 1.82) is 0 Å². The maximum absolute atomic E-state index is 5.08. The summed E-state index contributed by atoms with van der Waals surface area (Å²) in [6.07, 6.45) is 2.41. The normalized spacial score (nSPS) is 10.8. The number of nitrogens with one attached hydrogen (secondary N) is 1. The van der Waals surface area contributed by atoms with Crippen molar-refractivity contribution in [1.82, 2.24) is 5.48 Å². The van der Waals surface area contributed by atoms with Gasteiger partial charge in [0.2, 0.25) is 0 Å². The minimum atomic E-state index is 0.797. The van der Waals surface area contributed by atoms with Crippen LogP contribution < -0.4 is 5.48 Å². The molecule has 0 spiro atoms. The molecule has 0 radical (unpaired) electrons. The van der Waals surface area contributed by atoms with E-state index >= 15 is 0 Å². The summed E-state index contributed by atoms with van der Waals surface area (Å²) in [4.78, 5) is 5.08. The Labute approximate surface area is 63.9 Å². The SMILES string of the molecule is CCNOCCCC(C)C. The lowest BCUT2D eigenvalue weighted by molar-refractivity contribution is 0.0408. The number of hydroxylamine groups is 1. The van der Waals surface area contributed by atoms with Gasteiger partial charge in [-0.25, -0.2) is 5.48 Å². The van der Waals surface area contributed by atoms with Gasteiger partial charge < -0.3 is 4.84 Å². The van der Waals surface area contributed by atoms with Crippen LogP contribution in [0.3, 0.4) is 0 Å². The van der Waals surface area contributed by atoms with Crippen molar-refractivity contribution < 1.29 is 4.84 Å². The summed E-state index contributed by atoms with van der Waals surface area (Å²) in [5, 5.41) is 0. The van der Waals surface area contributed by atoms with E-state index in [4.69, 9.17) is 4.84 Å². The largest absolute Gasteiger partial charge is 0.302 e. The molecule has 2 nitrogen and oxygen atoms in total. The van der Waals surface area contributed by atoms with Gasteiger partial charge in [0.15, 0.2) is 0 Å². The van der Waals surface area contributed by atoms with Gasteiger partial charge in [-0.3, -0.25) is 0 Å². The van der Waals surface area contributed by atoms with Gasteiger partial charge in [-0.15, -0.1) is 0 Å². The van der Waals surface area contributed by atoms with E-state index in [2.05, 4.69) is 19.3 Å². The highest BCUT2D eigenvalue weighted by Gasteiger charge is 1.92. The lowest BCUT2D eigenvalue weighted by Gasteiger charge is -2.04. The van der Waals surface area contributed by atoms with Crippen LogP contribution in [0.1, 0.15) is 33.6 Å². The molecule has 0 aliphatic heterocycles. The molecule has 0 rings (SSSR count). The van der Waals surface area contributed by atoms with E-state index in [0.717, 1.165) is 25.5 Å². The van der Waals surface area contributed by atoms with E-state index in [9.17, 15) is 0 Å². The second-order valence-electron chi connectivity index (χ2n) is 2.88. The van der Waals surface area contributed by atoms with Crippen molar-refractivity contribution in [3.8, 4) is 0 Å². The lowest BCUT2D eigenvalue weighted by atomic mass is 10.1. The van der Waals surface area contributed by atoms with E-state index < -0.39 is 0 Å². The summed E-state index contributed by atoms with van der Waals surface area (Å²) in [6.45, 7) is 8.22. The van der Waals surface area contributed by atoms with E-state index in [-0.39, 0.29) is 0 Å². The Hall–Kier alpha value is -0.0800. The maximum atomic E-state index is 5.08. The molecule has 0 saturated heterocycles. The minimum Gasteiger partial charge on any atom is -0.302 e. The highest BCUT2D eigenvalue weighted by atomic mass is 16.6. The van der Waals surface area contributed by atoms with Crippen LogP contribution in [-0.2, 0) is 4.84 Å². The van der Waals surface area contributed by atoms with Crippen LogP contribution in [0.4, 0.5) is 0 Å². The molecule has 0 bridgehead atoms. The van der Waals surface area contributed by atoms with Crippen LogP contribution in [0.5, 0.6) is 0 Å². The zero-order chi connectivity index (χ0) is 7.82. The van der Waals surface area contributed by atoms with Crippen molar-refractivity contribution in [2.24, 2.45) is 5.92 Å². The van der Waals surface area contributed by atoms with E-state index in [0.29, 0.717) is 0 Å². The smallest absolute Gasteiger partial charge is 0.0682 e. The van der Waals surface area contributed by atoms with E-state index in [1.807, 2.05) is 6.92 Å². The molecule has 0 aromatic heterocycles. The van der Waals surface area contributed by atoms with Gasteiger partial charge in [0, 0.05) is 6.54 Å². The summed E-state index contributed by atoms with van der Waals surface area (Å²) >= 11 is 0. The Balaban J connectivity index is 2.77. The molecule has 0 unspecified atom stereocenters. The summed E-state index contributed by atoms with van der Waals surface area (Å²) in [5.41, 5.74) is 2.82. The van der Waals surface area contributed by atoms with Crippen molar-refractivity contribution in [2.75, 3.05) is 13.2 Å². The van der Waals surface area contributed by atoms with E-state index in [1.165, 1.54) is 6.42 Å². The first-order valence-corrected chi connectivity index (χ1v) is 4.12. The first-order chi connectivity index (χ1) is 4.77. The second-order valence-corrected chi connectivity index (χ2v) is 2.88. The summed E-state index contributed by atoms with van der Waals surface area (Å²) in [7, 11) is 0. The van der Waals surface area contributed by atoms with Gasteiger partial charge in [0.1, 0.15) is 0 Å². The van der Waals surface area contributed by atoms with Crippen molar-refractivity contribution in [3.63, 3.8) is 0 Å². The molecule has 0 aromatic carbocycles. The minimum absolute atomic E-state index is 0.797. The summed E-state index contributed by atoms with van der Waals surface area (Å²) in [6, 6.07) is 0. The monoisotopic (exact) mass is 145 g/mol. The first kappa shape index (κ1) is 9.92. The van der Waals surface area contributed by atoms with Gasteiger partial charge in [-0.1, -0.05) is 20.8 Å². The summed E-state index contributed by atoms with van der Waals surface area (Å²) in [5.74, 6) is 0.797. The molecule has 1 N–H and O–H groups in total.